The molecule has 3 heterocycles. The van der Waals surface area contributed by atoms with Crippen molar-refractivity contribution < 1.29 is 0 Å². The number of hydrogen-bond acceptors (Lipinski definition) is 5. The van der Waals surface area contributed by atoms with Crippen LogP contribution in [0.1, 0.15) is 12.5 Å². The molecule has 0 radical (unpaired) electrons. The van der Waals surface area contributed by atoms with E-state index < -0.39 is 0 Å². The Hall–Kier alpha value is -2.44. The van der Waals surface area contributed by atoms with Crippen molar-refractivity contribution >= 4 is 34.3 Å². The topological polar surface area (TPSA) is 56.5 Å². The summed E-state index contributed by atoms with van der Waals surface area (Å²) in [4.78, 5) is 8.55. The Bertz CT molecular complexity index is 1050. The molecule has 4 aromatic rings. The van der Waals surface area contributed by atoms with Crippen LogP contribution in [0.4, 0.5) is 0 Å². The fourth-order valence-corrected chi connectivity index (χ4v) is 4.04. The first-order valence-corrected chi connectivity index (χ1v) is 9.63. The molecule has 0 saturated carbocycles. The number of hydrogen-bond donors (Lipinski definition) is 0. The summed E-state index contributed by atoms with van der Waals surface area (Å²) in [6.07, 6.45) is 3.52. The minimum absolute atomic E-state index is 0.535. The maximum atomic E-state index is 6.37. The highest BCUT2D eigenvalue weighted by atomic mass is 35.5. The lowest BCUT2D eigenvalue weighted by molar-refractivity contribution is 0.687. The normalized spacial score (nSPS) is 11.2. The minimum atomic E-state index is 0.535. The lowest BCUT2D eigenvalue weighted by atomic mass is 10.2. The summed E-state index contributed by atoms with van der Waals surface area (Å²) < 4.78 is 2.10. The molecule has 0 unspecified atom stereocenters. The van der Waals surface area contributed by atoms with Gasteiger partial charge in [0.05, 0.1) is 5.52 Å². The third kappa shape index (κ3) is 3.30. The average molecular weight is 382 g/mol. The average Bonchev–Trinajstić information content (AvgIpc) is 3.10. The third-order valence-corrected chi connectivity index (χ3v) is 5.42. The number of fused-ring (bicyclic) bond motifs is 1. The summed E-state index contributed by atoms with van der Waals surface area (Å²) in [5.74, 6) is 1.53. The van der Waals surface area contributed by atoms with E-state index >= 15 is 0 Å². The van der Waals surface area contributed by atoms with Gasteiger partial charge in [-0.1, -0.05) is 41.6 Å². The molecular formula is C19H16ClN5S. The van der Waals surface area contributed by atoms with E-state index in [1.54, 1.807) is 24.2 Å². The summed E-state index contributed by atoms with van der Waals surface area (Å²) >= 11 is 7.98. The maximum absolute atomic E-state index is 6.37. The van der Waals surface area contributed by atoms with Crippen LogP contribution in [0.5, 0.6) is 0 Å². The quantitative estimate of drug-likeness (QED) is 0.365. The molecule has 130 valence electrons. The molecule has 3 aromatic heterocycles. The second-order valence-corrected chi connectivity index (χ2v) is 7.01. The number of rotatable bonds is 5. The monoisotopic (exact) mass is 381 g/mol. The van der Waals surface area contributed by atoms with E-state index in [0.29, 0.717) is 10.9 Å². The van der Waals surface area contributed by atoms with Crippen LogP contribution in [0.3, 0.4) is 0 Å². The van der Waals surface area contributed by atoms with E-state index in [2.05, 4.69) is 37.7 Å². The number of thioether (sulfide) groups is 1. The van der Waals surface area contributed by atoms with Crippen molar-refractivity contribution in [2.24, 2.45) is 0 Å². The Morgan fingerprint density at radius 3 is 2.69 bits per heavy atom. The molecule has 0 aliphatic heterocycles. The molecule has 0 N–H and O–H groups in total. The van der Waals surface area contributed by atoms with Gasteiger partial charge in [-0.2, -0.15) is 0 Å². The Morgan fingerprint density at radius 2 is 1.88 bits per heavy atom. The summed E-state index contributed by atoms with van der Waals surface area (Å²) in [7, 11) is 0. The highest BCUT2D eigenvalue weighted by Gasteiger charge is 2.14. The summed E-state index contributed by atoms with van der Waals surface area (Å²) in [5, 5.41) is 11.2. The van der Waals surface area contributed by atoms with E-state index in [0.717, 1.165) is 39.6 Å². The molecule has 0 amide bonds. The second-order valence-electron chi connectivity index (χ2n) is 5.71. The van der Waals surface area contributed by atoms with Crippen LogP contribution < -0.4 is 0 Å². The van der Waals surface area contributed by atoms with Gasteiger partial charge in [0.15, 0.2) is 11.0 Å². The summed E-state index contributed by atoms with van der Waals surface area (Å²) in [6, 6.07) is 13.9. The Kier molecular flexibility index (Phi) is 4.86. The van der Waals surface area contributed by atoms with Gasteiger partial charge in [0.2, 0.25) is 0 Å². The number of aromatic nitrogens is 5. The number of pyridine rings is 2. The summed E-state index contributed by atoms with van der Waals surface area (Å²) in [6.45, 7) is 2.87. The van der Waals surface area contributed by atoms with Crippen molar-refractivity contribution in [3.05, 3.63) is 65.6 Å². The summed E-state index contributed by atoms with van der Waals surface area (Å²) in [5.41, 5.74) is 2.90. The molecule has 0 aliphatic rings. The van der Waals surface area contributed by atoms with E-state index in [9.17, 15) is 0 Å². The molecule has 0 aliphatic carbocycles. The molecule has 0 spiro atoms. The van der Waals surface area contributed by atoms with Crippen LogP contribution in [0, 0.1) is 0 Å². The van der Waals surface area contributed by atoms with Gasteiger partial charge in [-0.3, -0.25) is 4.98 Å². The molecule has 1 aromatic carbocycles. The smallest absolute Gasteiger partial charge is 0.191 e. The molecule has 0 bridgehead atoms. The van der Waals surface area contributed by atoms with Crippen molar-refractivity contribution in [3.63, 3.8) is 0 Å². The third-order valence-electron chi connectivity index (χ3n) is 4.08. The van der Waals surface area contributed by atoms with Gasteiger partial charge in [-0.05, 0) is 31.2 Å². The zero-order chi connectivity index (χ0) is 17.9. The van der Waals surface area contributed by atoms with Crippen molar-refractivity contribution in [1.82, 2.24) is 24.7 Å². The molecule has 26 heavy (non-hydrogen) atoms. The zero-order valence-corrected chi connectivity index (χ0v) is 15.7. The number of nitrogens with zero attached hydrogens (tertiary/aromatic N) is 5. The molecule has 0 saturated heterocycles. The second kappa shape index (κ2) is 7.43. The van der Waals surface area contributed by atoms with Crippen LogP contribution in [0.2, 0.25) is 5.15 Å². The zero-order valence-electron chi connectivity index (χ0n) is 14.1. The standard InChI is InChI=1S/C19H16ClN5S/c1-2-25-18(13-7-9-21-10-8-13)23-24-19(25)26-12-15-11-14-5-3-4-6-16(14)22-17(15)20/h3-11H,2,12H2,1H3. The Labute approximate surface area is 160 Å². The molecular weight excluding hydrogens is 366 g/mol. The fourth-order valence-electron chi connectivity index (χ4n) is 2.77. The maximum Gasteiger partial charge on any atom is 0.191 e. The van der Waals surface area contributed by atoms with Gasteiger partial charge in [0.1, 0.15) is 5.15 Å². The highest BCUT2D eigenvalue weighted by Crippen LogP contribution is 2.29. The number of benzene rings is 1. The fraction of sp³-hybridized carbons (Fsp3) is 0.158. The molecule has 4 rings (SSSR count). The van der Waals surface area contributed by atoms with Gasteiger partial charge in [-0.15, -0.1) is 10.2 Å². The number of para-hydroxylation sites is 1. The Morgan fingerprint density at radius 1 is 1.08 bits per heavy atom. The lowest BCUT2D eigenvalue weighted by Crippen LogP contribution is -2.00. The molecule has 0 fully saturated rings. The van der Waals surface area contributed by atoms with E-state index in [1.165, 1.54) is 0 Å². The number of halogens is 1. The predicted molar refractivity (Wildman–Crippen MR) is 105 cm³/mol. The van der Waals surface area contributed by atoms with Crippen molar-refractivity contribution in [1.29, 1.82) is 0 Å². The molecule has 5 nitrogen and oxygen atoms in total. The molecule has 7 heteroatoms. The van der Waals surface area contributed by atoms with Gasteiger partial charge in [-0.25, -0.2) is 4.98 Å². The Balaban J connectivity index is 1.61. The van der Waals surface area contributed by atoms with Crippen molar-refractivity contribution in [2.75, 3.05) is 0 Å². The predicted octanol–water partition coefficient (Wildman–Crippen LogP) is 4.85. The first kappa shape index (κ1) is 17.0. The van der Waals surface area contributed by atoms with Crippen molar-refractivity contribution in [3.8, 4) is 11.4 Å². The largest absolute Gasteiger partial charge is 0.302 e. The lowest BCUT2D eigenvalue weighted by Gasteiger charge is -2.08. The van der Waals surface area contributed by atoms with Crippen LogP contribution in [0.25, 0.3) is 22.3 Å². The van der Waals surface area contributed by atoms with Crippen LogP contribution in [-0.4, -0.2) is 24.7 Å². The highest BCUT2D eigenvalue weighted by molar-refractivity contribution is 7.98. The molecule has 0 atom stereocenters. The van der Waals surface area contributed by atoms with Gasteiger partial charge in [0, 0.05) is 41.2 Å². The van der Waals surface area contributed by atoms with E-state index in [4.69, 9.17) is 11.6 Å². The van der Waals surface area contributed by atoms with E-state index in [1.807, 2.05) is 36.4 Å². The minimum Gasteiger partial charge on any atom is -0.302 e. The SMILES string of the molecule is CCn1c(SCc2cc3ccccc3nc2Cl)nnc1-c1ccncc1. The first-order valence-electron chi connectivity index (χ1n) is 8.27. The van der Waals surface area contributed by atoms with Crippen molar-refractivity contribution in [2.45, 2.75) is 24.4 Å². The van der Waals surface area contributed by atoms with Crippen LogP contribution in [0.15, 0.2) is 60.0 Å². The van der Waals surface area contributed by atoms with Gasteiger partial charge < -0.3 is 4.57 Å². The van der Waals surface area contributed by atoms with E-state index in [-0.39, 0.29) is 0 Å². The van der Waals surface area contributed by atoms with Crippen LogP contribution in [-0.2, 0) is 12.3 Å². The van der Waals surface area contributed by atoms with Gasteiger partial charge in [0.25, 0.3) is 0 Å². The van der Waals surface area contributed by atoms with Gasteiger partial charge >= 0.3 is 0 Å². The first-order chi connectivity index (χ1) is 12.8. The van der Waals surface area contributed by atoms with Crippen LogP contribution >= 0.6 is 23.4 Å².